The highest BCUT2D eigenvalue weighted by molar-refractivity contribution is 4.79. The van der Waals surface area contributed by atoms with E-state index in [1.807, 2.05) is 0 Å². The summed E-state index contributed by atoms with van der Waals surface area (Å²) in [6.07, 6.45) is 8.79. The Kier molecular flexibility index (Phi) is 1.94. The van der Waals surface area contributed by atoms with E-state index in [-0.39, 0.29) is 0 Å². The Morgan fingerprint density at radius 3 is 2.10 bits per heavy atom. The van der Waals surface area contributed by atoms with Crippen LogP contribution in [0.2, 0.25) is 0 Å². The molecule has 0 radical (unpaired) electrons. The smallest absolute Gasteiger partial charge is 0.00671 e. The molecule has 2 aliphatic rings. The molecular weight excluding hydrogens is 122 g/mol. The van der Waals surface area contributed by atoms with Crippen LogP contribution in [0.5, 0.6) is 0 Å². The lowest BCUT2D eigenvalue weighted by atomic mass is 9.84. The predicted octanol–water partition coefficient (Wildman–Crippen LogP) is 1.93. The van der Waals surface area contributed by atoms with Crippen LogP contribution in [-0.2, 0) is 0 Å². The third-order valence-electron chi connectivity index (χ3n) is 3.03. The van der Waals surface area contributed by atoms with Crippen LogP contribution in [0.3, 0.4) is 0 Å². The molecule has 0 bridgehead atoms. The lowest BCUT2D eigenvalue weighted by molar-refractivity contribution is 0.256. The summed E-state index contributed by atoms with van der Waals surface area (Å²) in [5, 5.41) is 3.62. The van der Waals surface area contributed by atoms with E-state index in [0.717, 1.165) is 12.0 Å². The van der Waals surface area contributed by atoms with E-state index in [9.17, 15) is 0 Å². The molecule has 58 valence electrons. The molecule has 1 N–H and O–H groups in total. The van der Waals surface area contributed by atoms with Crippen LogP contribution in [0.25, 0.3) is 0 Å². The Morgan fingerprint density at radius 2 is 1.70 bits per heavy atom. The van der Waals surface area contributed by atoms with Gasteiger partial charge in [0.15, 0.2) is 0 Å². The Labute approximate surface area is 63.2 Å². The van der Waals surface area contributed by atoms with Gasteiger partial charge >= 0.3 is 0 Å². The molecule has 1 nitrogen and oxygen atoms in total. The van der Waals surface area contributed by atoms with Crippen molar-refractivity contribution in [2.45, 2.75) is 44.6 Å². The fourth-order valence-electron chi connectivity index (χ4n) is 1.64. The molecule has 2 aliphatic carbocycles. The maximum atomic E-state index is 3.62. The fourth-order valence-corrected chi connectivity index (χ4v) is 1.64. The Bertz CT molecular complexity index is 89.3. The van der Waals surface area contributed by atoms with Gasteiger partial charge in [-0.25, -0.2) is 0 Å². The highest BCUT2D eigenvalue weighted by atomic mass is 14.9. The van der Waals surface area contributed by atoms with E-state index in [4.69, 9.17) is 0 Å². The summed E-state index contributed by atoms with van der Waals surface area (Å²) < 4.78 is 0. The second-order valence-electron chi connectivity index (χ2n) is 3.83. The normalized spacial score (nSPS) is 27.6. The fraction of sp³-hybridized carbons (Fsp3) is 1.00. The third kappa shape index (κ3) is 1.34. The van der Waals surface area contributed by atoms with Crippen molar-refractivity contribution in [1.82, 2.24) is 5.32 Å². The standard InChI is InChI=1S/C9H17N/c1-3-8(4-1)7-10-9-5-2-6-9/h8-10H,1-7H2. The summed E-state index contributed by atoms with van der Waals surface area (Å²) in [5.74, 6) is 1.04. The monoisotopic (exact) mass is 139 g/mol. The lowest BCUT2D eigenvalue weighted by Crippen LogP contribution is -2.39. The van der Waals surface area contributed by atoms with Gasteiger partial charge in [0.25, 0.3) is 0 Å². The summed E-state index contributed by atoms with van der Waals surface area (Å²) in [4.78, 5) is 0. The first kappa shape index (κ1) is 6.66. The average molecular weight is 139 g/mol. The van der Waals surface area contributed by atoms with Crippen LogP contribution >= 0.6 is 0 Å². The van der Waals surface area contributed by atoms with Gasteiger partial charge in [0.2, 0.25) is 0 Å². The van der Waals surface area contributed by atoms with Gasteiger partial charge in [-0.05, 0) is 38.1 Å². The SMILES string of the molecule is C1CC(CNC2CCC2)C1. The number of hydrogen-bond acceptors (Lipinski definition) is 1. The predicted molar refractivity (Wildman–Crippen MR) is 43.0 cm³/mol. The van der Waals surface area contributed by atoms with Crippen molar-refractivity contribution in [2.24, 2.45) is 5.92 Å². The topological polar surface area (TPSA) is 12.0 Å². The van der Waals surface area contributed by atoms with E-state index in [1.54, 1.807) is 0 Å². The first-order valence-corrected chi connectivity index (χ1v) is 4.68. The Hall–Kier alpha value is -0.0400. The van der Waals surface area contributed by atoms with Crippen molar-refractivity contribution in [3.05, 3.63) is 0 Å². The minimum absolute atomic E-state index is 0.903. The molecule has 1 heteroatoms. The van der Waals surface area contributed by atoms with Gasteiger partial charge in [-0.15, -0.1) is 0 Å². The highest BCUT2D eigenvalue weighted by Gasteiger charge is 2.21. The lowest BCUT2D eigenvalue weighted by Gasteiger charge is -2.32. The van der Waals surface area contributed by atoms with E-state index in [0.29, 0.717) is 0 Å². The molecule has 2 fully saturated rings. The van der Waals surface area contributed by atoms with Gasteiger partial charge in [0.05, 0.1) is 0 Å². The number of nitrogens with one attached hydrogen (secondary N) is 1. The summed E-state index contributed by atoms with van der Waals surface area (Å²) >= 11 is 0. The van der Waals surface area contributed by atoms with Gasteiger partial charge in [-0.1, -0.05) is 12.8 Å². The molecule has 2 rings (SSSR count). The highest BCUT2D eigenvalue weighted by Crippen LogP contribution is 2.26. The molecule has 0 amide bonds. The molecule has 0 aliphatic heterocycles. The quantitative estimate of drug-likeness (QED) is 0.630. The van der Waals surface area contributed by atoms with Crippen LogP contribution < -0.4 is 5.32 Å². The molecule has 0 aromatic heterocycles. The van der Waals surface area contributed by atoms with Crippen molar-refractivity contribution in [2.75, 3.05) is 6.54 Å². The zero-order chi connectivity index (χ0) is 6.81. The molecule has 10 heavy (non-hydrogen) atoms. The van der Waals surface area contributed by atoms with Crippen LogP contribution in [-0.4, -0.2) is 12.6 Å². The maximum Gasteiger partial charge on any atom is 0.00671 e. The summed E-state index contributed by atoms with van der Waals surface area (Å²) in [7, 11) is 0. The van der Waals surface area contributed by atoms with Crippen LogP contribution in [0.4, 0.5) is 0 Å². The molecule has 0 unspecified atom stereocenters. The first-order valence-electron chi connectivity index (χ1n) is 4.68. The molecular formula is C9H17N. The summed E-state index contributed by atoms with van der Waals surface area (Å²) in [6, 6.07) is 0.903. The van der Waals surface area contributed by atoms with Gasteiger partial charge in [-0.3, -0.25) is 0 Å². The van der Waals surface area contributed by atoms with E-state index in [2.05, 4.69) is 5.32 Å². The second kappa shape index (κ2) is 2.91. The van der Waals surface area contributed by atoms with Crippen molar-refractivity contribution in [3.8, 4) is 0 Å². The summed E-state index contributed by atoms with van der Waals surface area (Å²) in [6.45, 7) is 1.31. The van der Waals surface area contributed by atoms with Gasteiger partial charge in [0, 0.05) is 6.04 Å². The number of rotatable bonds is 3. The molecule has 0 saturated heterocycles. The molecule has 0 spiro atoms. The molecule has 2 saturated carbocycles. The molecule has 0 heterocycles. The van der Waals surface area contributed by atoms with Crippen LogP contribution in [0, 0.1) is 5.92 Å². The average Bonchev–Trinajstić information content (AvgIpc) is 1.70. The first-order chi connectivity index (χ1) is 4.95. The van der Waals surface area contributed by atoms with E-state index in [1.165, 1.54) is 45.1 Å². The van der Waals surface area contributed by atoms with Crippen molar-refractivity contribution < 1.29 is 0 Å². The molecule has 0 atom stereocenters. The van der Waals surface area contributed by atoms with Crippen LogP contribution in [0.15, 0.2) is 0 Å². The van der Waals surface area contributed by atoms with Crippen molar-refractivity contribution in [1.29, 1.82) is 0 Å². The van der Waals surface area contributed by atoms with Gasteiger partial charge < -0.3 is 5.32 Å². The minimum Gasteiger partial charge on any atom is -0.314 e. The molecule has 0 aromatic carbocycles. The van der Waals surface area contributed by atoms with Gasteiger partial charge in [-0.2, -0.15) is 0 Å². The third-order valence-corrected chi connectivity index (χ3v) is 3.03. The zero-order valence-corrected chi connectivity index (χ0v) is 6.60. The van der Waals surface area contributed by atoms with Crippen molar-refractivity contribution in [3.63, 3.8) is 0 Å². The largest absolute Gasteiger partial charge is 0.314 e. The second-order valence-corrected chi connectivity index (χ2v) is 3.83. The minimum atomic E-state index is 0.903. The maximum absolute atomic E-state index is 3.62. The van der Waals surface area contributed by atoms with Crippen LogP contribution in [0.1, 0.15) is 38.5 Å². The van der Waals surface area contributed by atoms with E-state index < -0.39 is 0 Å². The number of hydrogen-bond donors (Lipinski definition) is 1. The summed E-state index contributed by atoms with van der Waals surface area (Å²) in [5.41, 5.74) is 0. The molecule has 0 aromatic rings. The Balaban J connectivity index is 1.54. The zero-order valence-electron chi connectivity index (χ0n) is 6.60. The van der Waals surface area contributed by atoms with Crippen molar-refractivity contribution >= 4 is 0 Å². The van der Waals surface area contributed by atoms with E-state index >= 15 is 0 Å². The van der Waals surface area contributed by atoms with Gasteiger partial charge in [0.1, 0.15) is 0 Å². The Morgan fingerprint density at radius 1 is 1.00 bits per heavy atom.